The molecule has 5 heteroatoms. The summed E-state index contributed by atoms with van der Waals surface area (Å²) in [6, 6.07) is 5.16. The van der Waals surface area contributed by atoms with Gasteiger partial charge in [0.15, 0.2) is 24.5 Å². The molecule has 0 heterocycles. The molecule has 0 amide bonds. The van der Waals surface area contributed by atoms with Crippen LogP contribution in [0.2, 0.25) is 0 Å². The lowest BCUT2D eigenvalue weighted by molar-refractivity contribution is 0.226. The molecule has 0 bridgehead atoms. The number of rotatable bonds is 10. The van der Waals surface area contributed by atoms with Crippen molar-refractivity contribution in [3.05, 3.63) is 79.2 Å². The molecule has 1 rings (SSSR count). The third kappa shape index (κ3) is 6.12. The van der Waals surface area contributed by atoms with Crippen molar-refractivity contribution in [2.24, 2.45) is 0 Å². The van der Waals surface area contributed by atoms with Crippen molar-refractivity contribution in [2.45, 2.75) is 6.92 Å². The smallest absolute Gasteiger partial charge is 0.192 e. The minimum Gasteiger partial charge on any atom is -0.505 e. The van der Waals surface area contributed by atoms with E-state index >= 15 is 0 Å². The van der Waals surface area contributed by atoms with Gasteiger partial charge in [-0.2, -0.15) is 0 Å². The van der Waals surface area contributed by atoms with E-state index in [0.29, 0.717) is 32.0 Å². The molecule has 0 atom stereocenters. The maximum Gasteiger partial charge on any atom is 0.192 e. The molecule has 4 nitrogen and oxygen atoms in total. The monoisotopic (exact) mass is 326 g/mol. The van der Waals surface area contributed by atoms with Crippen LogP contribution >= 0.6 is 0 Å². The summed E-state index contributed by atoms with van der Waals surface area (Å²) in [7, 11) is 0.498. The highest BCUT2D eigenvalue weighted by Gasteiger charge is 2.07. The molecule has 0 unspecified atom stereocenters. The van der Waals surface area contributed by atoms with Crippen molar-refractivity contribution >= 4 is 12.7 Å². The first-order valence-corrected chi connectivity index (χ1v) is 7.54. The molecule has 1 aromatic rings. The summed E-state index contributed by atoms with van der Waals surface area (Å²) < 4.78 is 10.6. The van der Waals surface area contributed by atoms with Crippen LogP contribution in [0.25, 0.3) is 0 Å². The Bertz CT molecular complexity index is 659. The number of benzene rings is 1. The highest BCUT2D eigenvalue weighted by atomic mass is 16.5. The van der Waals surface area contributed by atoms with Gasteiger partial charge < -0.3 is 19.7 Å². The molecule has 0 aliphatic rings. The van der Waals surface area contributed by atoms with E-state index in [4.69, 9.17) is 9.47 Å². The summed E-state index contributed by atoms with van der Waals surface area (Å²) >= 11 is 0. The first kappa shape index (κ1) is 19.2. The zero-order valence-corrected chi connectivity index (χ0v) is 14.0. The fourth-order valence-corrected chi connectivity index (χ4v) is 1.90. The second-order valence-electron chi connectivity index (χ2n) is 5.04. The van der Waals surface area contributed by atoms with Crippen molar-refractivity contribution < 1.29 is 19.7 Å². The maximum absolute atomic E-state index is 10.0. The van der Waals surface area contributed by atoms with E-state index in [1.165, 1.54) is 0 Å². The second kappa shape index (κ2) is 10.1. The lowest BCUT2D eigenvalue weighted by Gasteiger charge is -2.09. The number of ether oxygens (including phenoxy) is 2. The third-order valence-corrected chi connectivity index (χ3v) is 3.15. The number of hydrogen-bond acceptors (Lipinski definition) is 4. The van der Waals surface area contributed by atoms with Gasteiger partial charge in [-0.3, -0.25) is 0 Å². The second-order valence-corrected chi connectivity index (χ2v) is 5.04. The Morgan fingerprint density at radius 3 is 2.50 bits per heavy atom. The van der Waals surface area contributed by atoms with Gasteiger partial charge in [0, 0.05) is 0 Å². The molecule has 0 aliphatic carbocycles. The van der Waals surface area contributed by atoms with Crippen LogP contribution < -0.4 is 10.2 Å². The minimum atomic E-state index is 0.0295. The summed E-state index contributed by atoms with van der Waals surface area (Å²) in [5, 5.41) is 20.0. The summed E-state index contributed by atoms with van der Waals surface area (Å²) in [6.45, 7) is 13.2. The van der Waals surface area contributed by atoms with E-state index in [0.717, 1.165) is 10.9 Å². The van der Waals surface area contributed by atoms with E-state index < -0.39 is 0 Å². The quantitative estimate of drug-likeness (QED) is 0.300. The Kier molecular flexibility index (Phi) is 8.06. The van der Waals surface area contributed by atoms with Gasteiger partial charge in [0.25, 0.3) is 0 Å². The van der Waals surface area contributed by atoms with E-state index in [2.05, 4.69) is 19.7 Å². The van der Waals surface area contributed by atoms with Gasteiger partial charge in [0.05, 0.1) is 0 Å². The number of aliphatic hydroxyl groups is 1. The van der Waals surface area contributed by atoms with Crippen molar-refractivity contribution in [1.82, 2.24) is 0 Å². The van der Waals surface area contributed by atoms with Crippen LogP contribution in [0, 0.1) is 0 Å². The minimum absolute atomic E-state index is 0.0295. The molecule has 2 N–H and O–H groups in total. The van der Waals surface area contributed by atoms with Crippen LogP contribution in [-0.4, -0.2) is 30.7 Å². The molecule has 0 aromatic heterocycles. The number of allylic oxidation sites excluding steroid dienone is 4. The Hall–Kier alpha value is -2.82. The Morgan fingerprint density at radius 1 is 1.21 bits per heavy atom. The Balaban J connectivity index is 2.90. The van der Waals surface area contributed by atoms with Gasteiger partial charge in [-0.15, -0.1) is 0 Å². The molecular formula is C19H23BO4. The van der Waals surface area contributed by atoms with Crippen molar-refractivity contribution in [3.8, 4) is 11.5 Å². The lowest BCUT2D eigenvalue weighted by atomic mass is 9.63. The SMILES string of the molecule is C=CCO/C(C)=C(O)/C=C(/Bc1ccc(OCC=C)c(O)c1)C=C. The molecule has 1 aromatic carbocycles. The summed E-state index contributed by atoms with van der Waals surface area (Å²) in [6.07, 6.45) is 6.45. The summed E-state index contributed by atoms with van der Waals surface area (Å²) in [4.78, 5) is 0. The molecule has 126 valence electrons. The average Bonchev–Trinajstić information content (AvgIpc) is 2.58. The van der Waals surface area contributed by atoms with Gasteiger partial charge in [0.1, 0.15) is 19.0 Å². The molecule has 0 fully saturated rings. The maximum atomic E-state index is 10.0. The number of phenols is 1. The highest BCUT2D eigenvalue weighted by molar-refractivity contribution is 6.61. The molecule has 0 saturated heterocycles. The standard InChI is InChI=1S/C19H23BO4/c1-5-10-23-14(4)17(21)12-15(7-3)20-16-8-9-19(18(22)13-16)24-11-6-2/h5-9,12-13,20-22H,1-3,10-11H2,4H3/b15-12+,17-14-. The summed E-state index contributed by atoms with van der Waals surface area (Å²) in [5.74, 6) is 0.898. The largest absolute Gasteiger partial charge is 0.505 e. The van der Waals surface area contributed by atoms with Crippen molar-refractivity contribution in [2.75, 3.05) is 13.2 Å². The van der Waals surface area contributed by atoms with Crippen molar-refractivity contribution in [3.63, 3.8) is 0 Å². The number of phenolic OH excluding ortho intramolecular Hbond substituents is 1. The molecular weight excluding hydrogens is 303 g/mol. The van der Waals surface area contributed by atoms with Crippen LogP contribution in [0.15, 0.2) is 79.2 Å². The fourth-order valence-electron chi connectivity index (χ4n) is 1.90. The van der Waals surface area contributed by atoms with Gasteiger partial charge in [-0.05, 0) is 25.1 Å². The molecule has 24 heavy (non-hydrogen) atoms. The van der Waals surface area contributed by atoms with E-state index in [1.54, 1.807) is 43.4 Å². The van der Waals surface area contributed by atoms with Gasteiger partial charge in [-0.25, -0.2) is 0 Å². The van der Waals surface area contributed by atoms with Crippen LogP contribution in [0.4, 0.5) is 0 Å². The van der Waals surface area contributed by atoms with Crippen LogP contribution in [0.5, 0.6) is 11.5 Å². The average molecular weight is 326 g/mol. The highest BCUT2D eigenvalue weighted by Crippen LogP contribution is 2.23. The molecule has 0 aliphatic heterocycles. The number of aliphatic hydroxyl groups excluding tert-OH is 1. The molecule has 0 saturated carbocycles. The van der Waals surface area contributed by atoms with Gasteiger partial charge >= 0.3 is 0 Å². The third-order valence-electron chi connectivity index (χ3n) is 3.15. The predicted octanol–water partition coefficient (Wildman–Crippen LogP) is 3.08. The summed E-state index contributed by atoms with van der Waals surface area (Å²) in [5.41, 5.74) is 1.65. The Morgan fingerprint density at radius 2 is 1.92 bits per heavy atom. The van der Waals surface area contributed by atoms with E-state index in [1.807, 2.05) is 6.07 Å². The lowest BCUT2D eigenvalue weighted by Crippen LogP contribution is -2.16. The fraction of sp³-hybridized carbons (Fsp3) is 0.158. The first-order chi connectivity index (χ1) is 11.5. The van der Waals surface area contributed by atoms with Crippen molar-refractivity contribution in [1.29, 1.82) is 0 Å². The topological polar surface area (TPSA) is 58.9 Å². The number of aromatic hydroxyl groups is 1. The van der Waals surface area contributed by atoms with E-state index in [-0.39, 0.29) is 11.5 Å². The number of hydrogen-bond donors (Lipinski definition) is 2. The van der Waals surface area contributed by atoms with Gasteiger partial charge in [-0.1, -0.05) is 55.0 Å². The zero-order valence-electron chi connectivity index (χ0n) is 14.0. The Labute approximate surface area is 144 Å². The van der Waals surface area contributed by atoms with Gasteiger partial charge in [0.2, 0.25) is 0 Å². The van der Waals surface area contributed by atoms with E-state index in [9.17, 15) is 10.2 Å². The van der Waals surface area contributed by atoms with Crippen LogP contribution in [-0.2, 0) is 4.74 Å². The van der Waals surface area contributed by atoms with Crippen LogP contribution in [0.1, 0.15) is 6.92 Å². The first-order valence-electron chi connectivity index (χ1n) is 7.54. The molecule has 0 spiro atoms. The van der Waals surface area contributed by atoms with Crippen LogP contribution in [0.3, 0.4) is 0 Å². The predicted molar refractivity (Wildman–Crippen MR) is 100 cm³/mol. The normalized spacial score (nSPS) is 12.0. The zero-order chi connectivity index (χ0) is 17.9. The molecule has 0 radical (unpaired) electrons.